The SMILES string of the molecule is CCc1ccc(-c2nc(C)c(CS(=O)CC(=O)NCCc3ccc(F)cc3)s2)cc1. The second kappa shape index (κ2) is 10.6. The predicted molar refractivity (Wildman–Crippen MR) is 121 cm³/mol. The maximum absolute atomic E-state index is 12.9. The first kappa shape index (κ1) is 22.3. The van der Waals surface area contributed by atoms with Crippen molar-refractivity contribution in [2.45, 2.75) is 32.4 Å². The summed E-state index contributed by atoms with van der Waals surface area (Å²) < 4.78 is 25.4. The second-order valence-electron chi connectivity index (χ2n) is 7.03. The fraction of sp³-hybridized carbons (Fsp3) is 0.304. The molecular weight excluding hydrogens is 419 g/mol. The van der Waals surface area contributed by atoms with Gasteiger partial charge in [-0.3, -0.25) is 9.00 Å². The van der Waals surface area contributed by atoms with Gasteiger partial charge in [0, 0.05) is 27.8 Å². The summed E-state index contributed by atoms with van der Waals surface area (Å²) in [5.41, 5.74) is 4.13. The van der Waals surface area contributed by atoms with E-state index in [0.29, 0.717) is 18.7 Å². The van der Waals surface area contributed by atoms with Gasteiger partial charge in [-0.05, 0) is 43.0 Å². The lowest BCUT2D eigenvalue weighted by Crippen LogP contribution is -2.30. The highest BCUT2D eigenvalue weighted by Crippen LogP contribution is 2.29. The molecule has 2 aromatic carbocycles. The summed E-state index contributed by atoms with van der Waals surface area (Å²) in [6.45, 7) is 4.46. The van der Waals surface area contributed by atoms with Crippen LogP contribution in [0.4, 0.5) is 4.39 Å². The van der Waals surface area contributed by atoms with Gasteiger partial charge in [0.15, 0.2) is 0 Å². The van der Waals surface area contributed by atoms with Crippen molar-refractivity contribution < 1.29 is 13.4 Å². The van der Waals surface area contributed by atoms with Gasteiger partial charge in [-0.15, -0.1) is 11.3 Å². The van der Waals surface area contributed by atoms with E-state index in [1.165, 1.54) is 29.0 Å². The quantitative estimate of drug-likeness (QED) is 0.531. The molecule has 158 valence electrons. The van der Waals surface area contributed by atoms with Gasteiger partial charge in [-0.25, -0.2) is 9.37 Å². The number of aromatic nitrogens is 1. The average Bonchev–Trinajstić information content (AvgIpc) is 3.09. The molecule has 0 saturated heterocycles. The molecular formula is C23H25FN2O2S2. The lowest BCUT2D eigenvalue weighted by molar-refractivity contribution is -0.118. The van der Waals surface area contributed by atoms with Crippen LogP contribution in [0.1, 0.15) is 28.6 Å². The van der Waals surface area contributed by atoms with Crippen molar-refractivity contribution in [3.05, 3.63) is 76.0 Å². The van der Waals surface area contributed by atoms with Crippen LogP contribution >= 0.6 is 11.3 Å². The molecule has 0 bridgehead atoms. The van der Waals surface area contributed by atoms with E-state index in [-0.39, 0.29) is 17.5 Å². The van der Waals surface area contributed by atoms with Crippen molar-refractivity contribution in [2.75, 3.05) is 12.3 Å². The zero-order valence-electron chi connectivity index (χ0n) is 17.1. The lowest BCUT2D eigenvalue weighted by Gasteiger charge is -2.05. The number of nitrogens with zero attached hydrogens (tertiary/aromatic N) is 1. The molecule has 0 spiro atoms. The van der Waals surface area contributed by atoms with E-state index in [4.69, 9.17) is 0 Å². The van der Waals surface area contributed by atoms with Crippen LogP contribution in [0, 0.1) is 12.7 Å². The fourth-order valence-electron chi connectivity index (χ4n) is 2.96. The summed E-state index contributed by atoms with van der Waals surface area (Å²) in [7, 11) is -1.30. The van der Waals surface area contributed by atoms with Gasteiger partial charge >= 0.3 is 0 Å². The van der Waals surface area contributed by atoms with E-state index in [2.05, 4.69) is 41.5 Å². The van der Waals surface area contributed by atoms with E-state index in [9.17, 15) is 13.4 Å². The van der Waals surface area contributed by atoms with Crippen molar-refractivity contribution in [2.24, 2.45) is 0 Å². The number of carbonyl (C=O) groups excluding carboxylic acids is 1. The van der Waals surface area contributed by atoms with Gasteiger partial charge in [-0.2, -0.15) is 0 Å². The molecule has 30 heavy (non-hydrogen) atoms. The highest BCUT2D eigenvalue weighted by Gasteiger charge is 2.14. The number of nitrogens with one attached hydrogen (secondary N) is 1. The number of aryl methyl sites for hydroxylation is 2. The second-order valence-corrected chi connectivity index (χ2v) is 9.57. The molecule has 1 amide bonds. The molecule has 1 unspecified atom stereocenters. The number of rotatable bonds is 9. The molecule has 1 atom stereocenters. The Morgan fingerprint density at radius 1 is 1.10 bits per heavy atom. The van der Waals surface area contributed by atoms with Crippen molar-refractivity contribution in [3.8, 4) is 10.6 Å². The minimum absolute atomic E-state index is 0.0404. The molecule has 0 radical (unpaired) electrons. The summed E-state index contributed by atoms with van der Waals surface area (Å²) in [4.78, 5) is 17.6. The normalized spacial score (nSPS) is 12.0. The Morgan fingerprint density at radius 3 is 2.43 bits per heavy atom. The predicted octanol–water partition coefficient (Wildman–Crippen LogP) is 4.43. The van der Waals surface area contributed by atoms with Crippen molar-refractivity contribution >= 4 is 28.0 Å². The van der Waals surface area contributed by atoms with Crippen LogP contribution in [0.25, 0.3) is 10.6 Å². The van der Waals surface area contributed by atoms with E-state index >= 15 is 0 Å². The molecule has 3 rings (SSSR count). The van der Waals surface area contributed by atoms with Crippen LogP contribution in [0.2, 0.25) is 0 Å². The van der Waals surface area contributed by atoms with Gasteiger partial charge in [0.05, 0.1) is 11.4 Å². The monoisotopic (exact) mass is 444 g/mol. The number of amides is 1. The lowest BCUT2D eigenvalue weighted by atomic mass is 10.1. The molecule has 1 aromatic heterocycles. The molecule has 1 N–H and O–H groups in total. The van der Waals surface area contributed by atoms with Crippen molar-refractivity contribution in [1.82, 2.24) is 10.3 Å². The smallest absolute Gasteiger partial charge is 0.232 e. The molecule has 0 aliphatic carbocycles. The first-order chi connectivity index (χ1) is 14.4. The first-order valence-corrected chi connectivity index (χ1v) is 12.2. The highest BCUT2D eigenvalue weighted by molar-refractivity contribution is 7.85. The number of hydrogen-bond acceptors (Lipinski definition) is 4. The van der Waals surface area contributed by atoms with Gasteiger partial charge in [0.1, 0.15) is 16.6 Å². The molecule has 0 aliphatic heterocycles. The topological polar surface area (TPSA) is 59.1 Å². The van der Waals surface area contributed by atoms with Gasteiger partial charge < -0.3 is 5.32 Å². The largest absolute Gasteiger partial charge is 0.355 e. The van der Waals surface area contributed by atoms with Crippen LogP contribution in [0.5, 0.6) is 0 Å². The average molecular weight is 445 g/mol. The minimum atomic E-state index is -1.30. The summed E-state index contributed by atoms with van der Waals surface area (Å²) >= 11 is 1.53. The van der Waals surface area contributed by atoms with Crippen LogP contribution in [0.3, 0.4) is 0 Å². The summed E-state index contributed by atoms with van der Waals surface area (Å²) in [5.74, 6) is -0.242. The molecule has 1 heterocycles. The number of halogens is 1. The van der Waals surface area contributed by atoms with Gasteiger partial charge in [0.25, 0.3) is 0 Å². The standard InChI is InChI=1S/C23H25FN2O2S2/c1-3-17-4-8-19(9-5-17)23-26-16(2)21(29-23)14-30(28)15-22(27)25-13-12-18-6-10-20(24)11-7-18/h4-11H,3,12-15H2,1-2H3,(H,25,27). The fourth-order valence-corrected chi connectivity index (χ4v) is 5.45. The van der Waals surface area contributed by atoms with E-state index in [1.807, 2.05) is 6.92 Å². The molecule has 3 aromatic rings. The van der Waals surface area contributed by atoms with Gasteiger partial charge in [-0.1, -0.05) is 43.3 Å². The molecule has 4 nitrogen and oxygen atoms in total. The van der Waals surface area contributed by atoms with E-state index in [1.54, 1.807) is 12.1 Å². The van der Waals surface area contributed by atoms with Crippen LogP contribution < -0.4 is 5.32 Å². The van der Waals surface area contributed by atoms with Crippen LogP contribution in [-0.4, -0.2) is 27.4 Å². The Bertz CT molecular complexity index is 1010. The highest BCUT2D eigenvalue weighted by atomic mass is 32.2. The Hall–Kier alpha value is -2.38. The molecule has 0 aliphatic rings. The number of thiazole rings is 1. The molecule has 0 fully saturated rings. The zero-order valence-corrected chi connectivity index (χ0v) is 18.7. The third-order valence-electron chi connectivity index (χ3n) is 4.74. The van der Waals surface area contributed by atoms with Crippen LogP contribution in [0.15, 0.2) is 48.5 Å². The Labute approximate surface area is 183 Å². The maximum Gasteiger partial charge on any atom is 0.232 e. The third-order valence-corrected chi connectivity index (χ3v) is 7.32. The number of hydrogen-bond donors (Lipinski definition) is 1. The summed E-state index contributed by atoms with van der Waals surface area (Å²) in [6.07, 6.45) is 1.60. The maximum atomic E-state index is 12.9. The van der Waals surface area contributed by atoms with E-state index < -0.39 is 10.8 Å². The Balaban J connectivity index is 1.49. The van der Waals surface area contributed by atoms with E-state index in [0.717, 1.165) is 33.1 Å². The molecule has 7 heteroatoms. The third kappa shape index (κ3) is 6.31. The zero-order chi connectivity index (χ0) is 21.5. The molecule has 0 saturated carbocycles. The number of benzene rings is 2. The van der Waals surface area contributed by atoms with Crippen molar-refractivity contribution in [1.29, 1.82) is 0 Å². The van der Waals surface area contributed by atoms with Crippen LogP contribution in [-0.2, 0) is 34.2 Å². The number of carbonyl (C=O) groups is 1. The first-order valence-electron chi connectivity index (χ1n) is 9.86. The summed E-state index contributed by atoms with van der Waals surface area (Å²) in [5, 5.41) is 3.69. The summed E-state index contributed by atoms with van der Waals surface area (Å²) in [6, 6.07) is 14.5. The Kier molecular flexibility index (Phi) is 7.87. The van der Waals surface area contributed by atoms with Crippen molar-refractivity contribution in [3.63, 3.8) is 0 Å². The van der Waals surface area contributed by atoms with Gasteiger partial charge in [0.2, 0.25) is 5.91 Å². The Morgan fingerprint density at radius 2 is 1.77 bits per heavy atom. The minimum Gasteiger partial charge on any atom is -0.355 e.